The molecule has 1 amide bonds. The van der Waals surface area contributed by atoms with Crippen LogP contribution in [-0.2, 0) is 4.74 Å². The van der Waals surface area contributed by atoms with Gasteiger partial charge in [0.2, 0.25) is 0 Å². The fraction of sp³-hybridized carbons (Fsp3) is 0.929. The normalized spacial score (nSPS) is 12.5. The first-order valence-electron chi connectivity index (χ1n) is 7.15. The highest BCUT2D eigenvalue weighted by molar-refractivity contribution is 5.67. The van der Waals surface area contributed by atoms with Crippen LogP contribution in [0, 0.1) is 5.92 Å². The molecule has 1 atom stereocenters. The Kier molecular flexibility index (Phi) is 10.8. The average Bonchev–Trinajstić information content (AvgIpc) is 2.33. The summed E-state index contributed by atoms with van der Waals surface area (Å²) in [6, 6.07) is 0. The topological polar surface area (TPSA) is 41.6 Å². The third kappa shape index (κ3) is 10.4. The number of unbranched alkanes of at least 4 members (excludes halogenated alkanes) is 2. The van der Waals surface area contributed by atoms with Crippen LogP contribution in [0.5, 0.6) is 0 Å². The van der Waals surface area contributed by atoms with Gasteiger partial charge in [-0.2, -0.15) is 0 Å². The molecule has 0 aromatic heterocycles. The van der Waals surface area contributed by atoms with E-state index in [0.717, 1.165) is 19.4 Å². The number of carbonyl (C=O) groups excluding carboxylic acids is 1. The number of nitrogens with zero attached hydrogens (tertiary/aromatic N) is 1. The number of alkyl carbamates (subject to hydrolysis) is 1. The van der Waals surface area contributed by atoms with Crippen LogP contribution < -0.4 is 5.32 Å². The summed E-state index contributed by atoms with van der Waals surface area (Å²) in [4.78, 5) is 13.5. The molecule has 0 fully saturated rings. The lowest BCUT2D eigenvalue weighted by Gasteiger charge is -2.15. The van der Waals surface area contributed by atoms with E-state index in [-0.39, 0.29) is 6.09 Å². The van der Waals surface area contributed by atoms with Crippen molar-refractivity contribution in [1.29, 1.82) is 0 Å². The molecule has 1 N–H and O–H groups in total. The van der Waals surface area contributed by atoms with Gasteiger partial charge in [-0.3, -0.25) is 0 Å². The van der Waals surface area contributed by atoms with Crippen LogP contribution in [0.3, 0.4) is 0 Å². The van der Waals surface area contributed by atoms with E-state index in [9.17, 15) is 4.79 Å². The molecule has 0 aliphatic heterocycles. The van der Waals surface area contributed by atoms with Gasteiger partial charge >= 0.3 is 6.09 Å². The summed E-state index contributed by atoms with van der Waals surface area (Å²) in [5, 5.41) is 2.76. The molecule has 0 spiro atoms. The van der Waals surface area contributed by atoms with Crippen LogP contribution in [-0.4, -0.2) is 44.8 Å². The highest BCUT2D eigenvalue weighted by atomic mass is 16.5. The summed E-state index contributed by atoms with van der Waals surface area (Å²) in [7, 11) is 3.96. The van der Waals surface area contributed by atoms with Gasteiger partial charge in [0.15, 0.2) is 0 Å². The first kappa shape index (κ1) is 17.2. The van der Waals surface area contributed by atoms with Gasteiger partial charge in [0.25, 0.3) is 0 Å². The van der Waals surface area contributed by atoms with Crippen molar-refractivity contribution in [2.45, 2.75) is 46.0 Å². The molecular weight excluding hydrogens is 228 g/mol. The highest BCUT2D eigenvalue weighted by Gasteiger charge is 2.09. The summed E-state index contributed by atoms with van der Waals surface area (Å²) < 4.78 is 5.24. The van der Waals surface area contributed by atoms with E-state index in [1.807, 2.05) is 19.0 Å². The standard InChI is InChI=1S/C14H30N2O2/c1-5-7-8-9-13(6-2)12-18-14(17)15-10-11-16(3)4/h13H,5-12H2,1-4H3,(H,15,17). The quantitative estimate of drug-likeness (QED) is 0.613. The van der Waals surface area contributed by atoms with Crippen LogP contribution in [0.4, 0.5) is 4.79 Å². The molecule has 4 nitrogen and oxygen atoms in total. The van der Waals surface area contributed by atoms with Crippen molar-refractivity contribution >= 4 is 6.09 Å². The van der Waals surface area contributed by atoms with Crippen molar-refractivity contribution < 1.29 is 9.53 Å². The van der Waals surface area contributed by atoms with Gasteiger partial charge in [-0.25, -0.2) is 4.79 Å². The molecule has 1 unspecified atom stereocenters. The second kappa shape index (κ2) is 11.3. The minimum Gasteiger partial charge on any atom is -0.449 e. The van der Waals surface area contributed by atoms with Crippen molar-refractivity contribution in [1.82, 2.24) is 10.2 Å². The molecule has 18 heavy (non-hydrogen) atoms. The van der Waals surface area contributed by atoms with Crippen molar-refractivity contribution in [3.05, 3.63) is 0 Å². The Bertz CT molecular complexity index is 208. The summed E-state index contributed by atoms with van der Waals surface area (Å²) in [5.41, 5.74) is 0. The van der Waals surface area contributed by atoms with E-state index in [1.54, 1.807) is 0 Å². The molecule has 0 radical (unpaired) electrons. The maximum Gasteiger partial charge on any atom is 0.407 e. The predicted molar refractivity (Wildman–Crippen MR) is 75.8 cm³/mol. The minimum absolute atomic E-state index is 0.286. The first-order valence-corrected chi connectivity index (χ1v) is 7.15. The number of hydrogen-bond donors (Lipinski definition) is 1. The number of likely N-dealkylation sites (N-methyl/N-ethyl adjacent to an activating group) is 1. The number of rotatable bonds is 10. The van der Waals surface area contributed by atoms with Gasteiger partial charge in [-0.15, -0.1) is 0 Å². The minimum atomic E-state index is -0.286. The zero-order valence-electron chi connectivity index (χ0n) is 12.5. The Morgan fingerprint density at radius 3 is 2.56 bits per heavy atom. The van der Waals surface area contributed by atoms with E-state index in [2.05, 4.69) is 19.2 Å². The van der Waals surface area contributed by atoms with Crippen molar-refractivity contribution in [3.8, 4) is 0 Å². The van der Waals surface area contributed by atoms with E-state index in [0.29, 0.717) is 19.1 Å². The van der Waals surface area contributed by atoms with Crippen LogP contribution in [0.25, 0.3) is 0 Å². The van der Waals surface area contributed by atoms with Crippen LogP contribution >= 0.6 is 0 Å². The Labute approximate surface area is 112 Å². The van der Waals surface area contributed by atoms with Crippen LogP contribution in [0.15, 0.2) is 0 Å². The molecule has 0 aromatic rings. The average molecular weight is 258 g/mol. The fourth-order valence-electron chi connectivity index (χ4n) is 1.71. The lowest BCUT2D eigenvalue weighted by atomic mass is 10.00. The summed E-state index contributed by atoms with van der Waals surface area (Å²) >= 11 is 0. The predicted octanol–water partition coefficient (Wildman–Crippen LogP) is 2.88. The summed E-state index contributed by atoms with van der Waals surface area (Å²) in [6.07, 6.45) is 5.70. The van der Waals surface area contributed by atoms with Crippen LogP contribution in [0.2, 0.25) is 0 Å². The van der Waals surface area contributed by atoms with Crippen molar-refractivity contribution in [2.24, 2.45) is 5.92 Å². The lowest BCUT2D eigenvalue weighted by Crippen LogP contribution is -2.32. The number of nitrogens with one attached hydrogen (secondary N) is 1. The van der Waals surface area contributed by atoms with Gasteiger partial charge in [0.1, 0.15) is 0 Å². The molecule has 0 bridgehead atoms. The maximum absolute atomic E-state index is 11.4. The van der Waals surface area contributed by atoms with Gasteiger partial charge in [-0.1, -0.05) is 39.5 Å². The number of carbonyl (C=O) groups is 1. The zero-order chi connectivity index (χ0) is 13.8. The molecule has 0 aromatic carbocycles. The third-order valence-electron chi connectivity index (χ3n) is 3.07. The highest BCUT2D eigenvalue weighted by Crippen LogP contribution is 2.13. The zero-order valence-corrected chi connectivity index (χ0v) is 12.5. The van der Waals surface area contributed by atoms with Crippen LogP contribution in [0.1, 0.15) is 46.0 Å². The molecule has 0 aliphatic rings. The SMILES string of the molecule is CCCCCC(CC)COC(=O)NCCN(C)C. The Hall–Kier alpha value is -0.770. The number of ether oxygens (including phenoxy) is 1. The van der Waals surface area contributed by atoms with Gasteiger partial charge in [0.05, 0.1) is 6.61 Å². The molecular formula is C14H30N2O2. The molecule has 108 valence electrons. The van der Waals surface area contributed by atoms with E-state index >= 15 is 0 Å². The second-order valence-corrected chi connectivity index (χ2v) is 5.10. The Balaban J connectivity index is 3.60. The summed E-state index contributed by atoms with van der Waals surface area (Å²) in [6.45, 7) is 6.38. The fourth-order valence-corrected chi connectivity index (χ4v) is 1.71. The molecule has 0 saturated carbocycles. The van der Waals surface area contributed by atoms with Crippen molar-refractivity contribution in [2.75, 3.05) is 33.8 Å². The van der Waals surface area contributed by atoms with Gasteiger partial charge in [0, 0.05) is 13.1 Å². The Morgan fingerprint density at radius 1 is 1.28 bits per heavy atom. The van der Waals surface area contributed by atoms with Crippen molar-refractivity contribution in [3.63, 3.8) is 0 Å². The maximum atomic E-state index is 11.4. The monoisotopic (exact) mass is 258 g/mol. The second-order valence-electron chi connectivity index (χ2n) is 5.10. The summed E-state index contributed by atoms with van der Waals surface area (Å²) in [5.74, 6) is 0.510. The van der Waals surface area contributed by atoms with E-state index < -0.39 is 0 Å². The first-order chi connectivity index (χ1) is 8.60. The Morgan fingerprint density at radius 2 is 2.00 bits per heavy atom. The largest absolute Gasteiger partial charge is 0.449 e. The van der Waals surface area contributed by atoms with E-state index in [4.69, 9.17) is 4.74 Å². The lowest BCUT2D eigenvalue weighted by molar-refractivity contribution is 0.122. The molecule has 4 heteroatoms. The third-order valence-corrected chi connectivity index (χ3v) is 3.07. The molecule has 0 rings (SSSR count). The smallest absolute Gasteiger partial charge is 0.407 e. The molecule has 0 heterocycles. The van der Waals surface area contributed by atoms with Gasteiger partial charge in [-0.05, 0) is 26.4 Å². The van der Waals surface area contributed by atoms with E-state index in [1.165, 1.54) is 19.3 Å². The number of amides is 1. The molecule has 0 saturated heterocycles. The number of hydrogen-bond acceptors (Lipinski definition) is 3. The van der Waals surface area contributed by atoms with Gasteiger partial charge < -0.3 is 15.0 Å². The molecule has 0 aliphatic carbocycles.